The zero-order chi connectivity index (χ0) is 17.0. The molecule has 0 saturated carbocycles. The molecule has 0 radical (unpaired) electrons. The minimum Gasteiger partial charge on any atom is -0.237 e. The molecule has 0 atom stereocenters. The van der Waals surface area contributed by atoms with Crippen LogP contribution in [0, 0.1) is 6.92 Å². The molecule has 124 valence electrons. The number of aryl methyl sites for hydroxylation is 1. The number of nitrogens with one attached hydrogen (secondary N) is 1. The lowest BCUT2D eigenvalue weighted by atomic mass is 10.1. The minimum atomic E-state index is -3.59. The second-order valence-corrected chi connectivity index (χ2v) is 7.21. The SMILES string of the molecule is Cc1ccc(CCNS(=O)(=O)c2cnn(-c3ccccn3)c2)cc1. The van der Waals surface area contributed by atoms with Gasteiger partial charge in [0.1, 0.15) is 4.90 Å². The maximum absolute atomic E-state index is 12.3. The number of sulfonamides is 1. The van der Waals surface area contributed by atoms with Crippen LogP contribution in [-0.4, -0.2) is 29.7 Å². The van der Waals surface area contributed by atoms with E-state index in [9.17, 15) is 8.42 Å². The van der Waals surface area contributed by atoms with Crippen LogP contribution in [0.3, 0.4) is 0 Å². The van der Waals surface area contributed by atoms with E-state index in [1.807, 2.05) is 37.3 Å². The standard InChI is InChI=1S/C17H18N4O2S/c1-14-5-7-15(8-6-14)9-11-20-24(22,23)16-12-19-21(13-16)17-4-2-3-10-18-17/h2-8,10,12-13,20H,9,11H2,1H3. The van der Waals surface area contributed by atoms with Crippen LogP contribution >= 0.6 is 0 Å². The van der Waals surface area contributed by atoms with Crippen molar-refractivity contribution >= 4 is 10.0 Å². The molecule has 0 fully saturated rings. The zero-order valence-corrected chi connectivity index (χ0v) is 14.1. The fourth-order valence-electron chi connectivity index (χ4n) is 2.23. The Labute approximate surface area is 141 Å². The molecular formula is C17H18N4O2S. The second kappa shape index (κ2) is 6.94. The van der Waals surface area contributed by atoms with E-state index in [2.05, 4.69) is 14.8 Å². The summed E-state index contributed by atoms with van der Waals surface area (Å²) in [5, 5.41) is 4.06. The Morgan fingerprint density at radius 2 is 1.92 bits per heavy atom. The van der Waals surface area contributed by atoms with Crippen molar-refractivity contribution in [2.24, 2.45) is 0 Å². The summed E-state index contributed by atoms with van der Waals surface area (Å²) in [5.74, 6) is 0.568. The first kappa shape index (κ1) is 16.4. The van der Waals surface area contributed by atoms with E-state index < -0.39 is 10.0 Å². The molecule has 0 unspecified atom stereocenters. The van der Waals surface area contributed by atoms with Gasteiger partial charge in [-0.15, -0.1) is 0 Å². The molecule has 0 bridgehead atoms. The third kappa shape index (κ3) is 3.87. The monoisotopic (exact) mass is 342 g/mol. The Kier molecular flexibility index (Phi) is 4.73. The van der Waals surface area contributed by atoms with E-state index in [4.69, 9.17) is 0 Å². The van der Waals surface area contributed by atoms with Gasteiger partial charge in [0.05, 0.1) is 12.4 Å². The number of aromatic nitrogens is 3. The molecule has 2 heterocycles. The highest BCUT2D eigenvalue weighted by molar-refractivity contribution is 7.89. The number of benzene rings is 1. The summed E-state index contributed by atoms with van der Waals surface area (Å²) in [4.78, 5) is 4.26. The molecule has 0 saturated heterocycles. The first-order valence-electron chi connectivity index (χ1n) is 7.56. The van der Waals surface area contributed by atoms with Crippen LogP contribution in [0.1, 0.15) is 11.1 Å². The van der Waals surface area contributed by atoms with Crippen molar-refractivity contribution in [3.05, 3.63) is 72.2 Å². The molecule has 0 spiro atoms. The summed E-state index contributed by atoms with van der Waals surface area (Å²) in [5.41, 5.74) is 2.27. The maximum atomic E-state index is 12.3. The van der Waals surface area contributed by atoms with Gasteiger partial charge in [0.2, 0.25) is 10.0 Å². The molecule has 0 amide bonds. The lowest BCUT2D eigenvalue weighted by Crippen LogP contribution is -2.25. The zero-order valence-electron chi connectivity index (χ0n) is 13.3. The Morgan fingerprint density at radius 1 is 1.12 bits per heavy atom. The lowest BCUT2D eigenvalue weighted by Gasteiger charge is -2.05. The van der Waals surface area contributed by atoms with Crippen LogP contribution in [0.5, 0.6) is 0 Å². The summed E-state index contributed by atoms with van der Waals surface area (Å²) in [6.07, 6.45) is 5.04. The smallest absolute Gasteiger partial charge is 0.237 e. The number of pyridine rings is 1. The molecule has 1 N–H and O–H groups in total. The number of hydrogen-bond acceptors (Lipinski definition) is 4. The van der Waals surface area contributed by atoms with Crippen molar-refractivity contribution < 1.29 is 8.42 Å². The molecule has 24 heavy (non-hydrogen) atoms. The fraction of sp³-hybridized carbons (Fsp3) is 0.176. The van der Waals surface area contributed by atoms with Gasteiger partial charge in [0.25, 0.3) is 0 Å². The van der Waals surface area contributed by atoms with E-state index >= 15 is 0 Å². The molecule has 2 aromatic heterocycles. The van der Waals surface area contributed by atoms with Crippen LogP contribution in [0.25, 0.3) is 5.82 Å². The predicted octanol–water partition coefficient (Wildman–Crippen LogP) is 2.10. The van der Waals surface area contributed by atoms with Gasteiger partial charge in [-0.3, -0.25) is 0 Å². The summed E-state index contributed by atoms with van der Waals surface area (Å²) >= 11 is 0. The molecule has 7 heteroatoms. The second-order valence-electron chi connectivity index (χ2n) is 5.44. The van der Waals surface area contributed by atoms with Crippen molar-refractivity contribution in [2.45, 2.75) is 18.2 Å². The van der Waals surface area contributed by atoms with Crippen LogP contribution in [-0.2, 0) is 16.4 Å². The normalized spacial score (nSPS) is 11.5. The third-order valence-corrected chi connectivity index (χ3v) is 5.00. The predicted molar refractivity (Wildman–Crippen MR) is 91.4 cm³/mol. The van der Waals surface area contributed by atoms with Gasteiger partial charge < -0.3 is 0 Å². The fourth-order valence-corrected chi connectivity index (χ4v) is 3.19. The number of nitrogens with zero attached hydrogens (tertiary/aromatic N) is 3. The van der Waals surface area contributed by atoms with E-state index in [0.717, 1.165) is 5.56 Å². The highest BCUT2D eigenvalue weighted by Crippen LogP contribution is 2.10. The molecule has 1 aromatic carbocycles. The average Bonchev–Trinajstić information content (AvgIpc) is 3.08. The van der Waals surface area contributed by atoms with Crippen LogP contribution in [0.15, 0.2) is 66.0 Å². The lowest BCUT2D eigenvalue weighted by molar-refractivity contribution is 0.581. The molecular weight excluding hydrogens is 324 g/mol. The summed E-state index contributed by atoms with van der Waals surface area (Å²) < 4.78 is 28.7. The Balaban J connectivity index is 1.65. The van der Waals surface area contributed by atoms with Crippen molar-refractivity contribution in [3.63, 3.8) is 0 Å². The van der Waals surface area contributed by atoms with Gasteiger partial charge in [-0.2, -0.15) is 5.10 Å². The van der Waals surface area contributed by atoms with E-state index in [1.54, 1.807) is 18.3 Å². The van der Waals surface area contributed by atoms with Gasteiger partial charge >= 0.3 is 0 Å². The topological polar surface area (TPSA) is 76.9 Å². The van der Waals surface area contributed by atoms with Crippen molar-refractivity contribution in [1.29, 1.82) is 0 Å². The Bertz CT molecular complexity index is 903. The van der Waals surface area contributed by atoms with Crippen LogP contribution < -0.4 is 4.72 Å². The molecule has 6 nitrogen and oxygen atoms in total. The highest BCUT2D eigenvalue weighted by Gasteiger charge is 2.16. The van der Waals surface area contributed by atoms with Crippen molar-refractivity contribution in [3.8, 4) is 5.82 Å². The summed E-state index contributed by atoms with van der Waals surface area (Å²) in [6, 6.07) is 13.4. The molecule has 0 aliphatic rings. The Hall–Kier alpha value is -2.51. The van der Waals surface area contributed by atoms with E-state index in [0.29, 0.717) is 18.8 Å². The molecule has 0 aliphatic heterocycles. The Morgan fingerprint density at radius 3 is 2.62 bits per heavy atom. The third-order valence-electron chi connectivity index (χ3n) is 3.58. The molecule has 0 aliphatic carbocycles. The summed E-state index contributed by atoms with van der Waals surface area (Å²) in [6.45, 7) is 2.35. The van der Waals surface area contributed by atoms with Crippen LogP contribution in [0.4, 0.5) is 0 Å². The largest absolute Gasteiger partial charge is 0.243 e. The quantitative estimate of drug-likeness (QED) is 0.744. The van der Waals surface area contributed by atoms with Crippen molar-refractivity contribution in [1.82, 2.24) is 19.5 Å². The van der Waals surface area contributed by atoms with E-state index in [-0.39, 0.29) is 4.90 Å². The first-order chi connectivity index (χ1) is 11.5. The van der Waals surface area contributed by atoms with Gasteiger partial charge in [0.15, 0.2) is 5.82 Å². The van der Waals surface area contributed by atoms with Crippen molar-refractivity contribution in [2.75, 3.05) is 6.54 Å². The summed E-state index contributed by atoms with van der Waals surface area (Å²) in [7, 11) is -3.59. The highest BCUT2D eigenvalue weighted by atomic mass is 32.2. The van der Waals surface area contributed by atoms with Gasteiger partial charge in [0, 0.05) is 12.7 Å². The average molecular weight is 342 g/mol. The maximum Gasteiger partial charge on any atom is 0.243 e. The van der Waals surface area contributed by atoms with Gasteiger partial charge in [-0.25, -0.2) is 22.8 Å². The van der Waals surface area contributed by atoms with Gasteiger partial charge in [-0.1, -0.05) is 35.9 Å². The number of hydrogen-bond donors (Lipinski definition) is 1. The molecule has 3 rings (SSSR count). The molecule has 3 aromatic rings. The van der Waals surface area contributed by atoms with Gasteiger partial charge in [-0.05, 0) is 31.0 Å². The van der Waals surface area contributed by atoms with E-state index in [1.165, 1.54) is 22.6 Å². The van der Waals surface area contributed by atoms with Crippen LogP contribution in [0.2, 0.25) is 0 Å². The number of rotatable bonds is 6. The minimum absolute atomic E-state index is 0.122. The first-order valence-corrected chi connectivity index (χ1v) is 9.04.